The molecule has 36 heavy (non-hydrogen) atoms. The molecule has 0 aromatic heterocycles. The fourth-order valence-electron chi connectivity index (χ4n) is 7.89. The zero-order valence-corrected chi connectivity index (χ0v) is 26.4. The summed E-state index contributed by atoms with van der Waals surface area (Å²) in [4.78, 5) is 4.87. The molecule has 3 aliphatic carbocycles. The standard InChI is InChI=1S/C28H47BN2O3Si2/c1-26(2)18-32-25(30-26)20-14-12-13-19(15-20)24(31(35(6,7)8)36(9,10)11)29-33-23-17-21-16-22(27(21,3)4)28(23,5)34-29/h12-15,21-24H,16-18H2,1-11H3/t21?,22?,23?,24-,28-/m0/s1. The van der Waals surface area contributed by atoms with Gasteiger partial charge in [-0.15, -0.1) is 0 Å². The molecule has 5 atom stereocenters. The van der Waals surface area contributed by atoms with Crippen LogP contribution in [0.15, 0.2) is 29.3 Å². The Morgan fingerprint density at radius 1 is 1.00 bits per heavy atom. The number of rotatable bonds is 6. The van der Waals surface area contributed by atoms with Gasteiger partial charge >= 0.3 is 7.12 Å². The van der Waals surface area contributed by atoms with Gasteiger partial charge in [-0.25, -0.2) is 4.99 Å². The number of nitrogens with zero attached hydrogens (tertiary/aromatic N) is 2. The van der Waals surface area contributed by atoms with E-state index in [4.69, 9.17) is 19.0 Å². The molecule has 0 amide bonds. The molecule has 3 unspecified atom stereocenters. The minimum atomic E-state index is -1.74. The smallest absolute Gasteiger partial charge is 0.475 e. The van der Waals surface area contributed by atoms with Crippen LogP contribution in [0.25, 0.3) is 0 Å². The molecule has 1 aromatic carbocycles. The van der Waals surface area contributed by atoms with Crippen LogP contribution in [-0.2, 0) is 14.0 Å². The molecular weight excluding hydrogens is 479 g/mol. The Labute approximate surface area is 221 Å². The van der Waals surface area contributed by atoms with Crippen molar-refractivity contribution in [3.63, 3.8) is 0 Å². The monoisotopic (exact) mass is 526 g/mol. The lowest BCUT2D eigenvalue weighted by atomic mass is 9.43. The van der Waals surface area contributed by atoms with E-state index in [1.165, 1.54) is 12.0 Å². The summed E-state index contributed by atoms with van der Waals surface area (Å²) >= 11 is 0. The molecule has 2 heterocycles. The lowest BCUT2D eigenvalue weighted by Gasteiger charge is -2.64. The van der Waals surface area contributed by atoms with E-state index < -0.39 is 16.5 Å². The summed E-state index contributed by atoms with van der Waals surface area (Å²) in [6.07, 6.45) is 2.57. The topological polar surface area (TPSA) is 43.3 Å². The maximum Gasteiger partial charge on any atom is 0.479 e. The van der Waals surface area contributed by atoms with Crippen molar-refractivity contribution in [2.75, 3.05) is 6.61 Å². The fraction of sp³-hybridized carbons (Fsp3) is 0.750. The van der Waals surface area contributed by atoms with E-state index in [1.807, 2.05) is 0 Å². The first-order valence-corrected chi connectivity index (χ1v) is 20.8. The molecule has 4 fully saturated rings. The van der Waals surface area contributed by atoms with E-state index in [0.29, 0.717) is 17.9 Å². The van der Waals surface area contributed by atoms with E-state index in [1.54, 1.807) is 0 Å². The summed E-state index contributed by atoms with van der Waals surface area (Å²) in [7, 11) is -3.76. The van der Waals surface area contributed by atoms with E-state index in [0.717, 1.165) is 23.8 Å². The summed E-state index contributed by atoms with van der Waals surface area (Å²) in [5, 5.41) is 0. The summed E-state index contributed by atoms with van der Waals surface area (Å²) in [6.45, 7) is 26.9. The highest BCUT2D eigenvalue weighted by Crippen LogP contribution is 2.66. The van der Waals surface area contributed by atoms with Gasteiger partial charge in [-0.1, -0.05) is 65.3 Å². The summed E-state index contributed by atoms with van der Waals surface area (Å²) in [6, 6.07) is 8.84. The molecule has 0 radical (unpaired) electrons. The number of hydrogen-bond donors (Lipinski definition) is 0. The quantitative estimate of drug-likeness (QED) is 0.396. The molecule has 1 saturated heterocycles. The molecule has 5 aliphatic rings. The second-order valence-electron chi connectivity index (χ2n) is 15.1. The van der Waals surface area contributed by atoms with E-state index in [-0.39, 0.29) is 30.3 Å². The summed E-state index contributed by atoms with van der Waals surface area (Å²) < 4.78 is 23.0. The van der Waals surface area contributed by atoms with Crippen LogP contribution in [0.3, 0.4) is 0 Å². The van der Waals surface area contributed by atoms with Gasteiger partial charge in [-0.05, 0) is 68.6 Å². The van der Waals surface area contributed by atoms with Crippen molar-refractivity contribution in [1.29, 1.82) is 0 Å². The largest absolute Gasteiger partial charge is 0.479 e. The van der Waals surface area contributed by atoms with E-state index >= 15 is 0 Å². The van der Waals surface area contributed by atoms with Crippen molar-refractivity contribution in [1.82, 2.24) is 4.23 Å². The molecule has 2 bridgehead atoms. The third-order valence-electron chi connectivity index (χ3n) is 9.39. The van der Waals surface area contributed by atoms with Gasteiger partial charge in [0.1, 0.15) is 23.1 Å². The van der Waals surface area contributed by atoms with Crippen molar-refractivity contribution in [2.45, 2.75) is 110 Å². The minimum Gasteiger partial charge on any atom is -0.475 e. The molecule has 198 valence electrons. The van der Waals surface area contributed by atoms with Gasteiger partial charge in [0.05, 0.1) is 23.2 Å². The van der Waals surface area contributed by atoms with Crippen LogP contribution >= 0.6 is 0 Å². The van der Waals surface area contributed by atoms with Crippen molar-refractivity contribution in [2.24, 2.45) is 22.2 Å². The molecule has 8 heteroatoms. The lowest BCUT2D eigenvalue weighted by Crippen LogP contribution is -2.65. The van der Waals surface area contributed by atoms with Crippen molar-refractivity contribution < 1.29 is 14.0 Å². The van der Waals surface area contributed by atoms with Crippen LogP contribution in [-0.4, -0.2) is 57.6 Å². The Morgan fingerprint density at radius 3 is 2.22 bits per heavy atom. The molecular formula is C28H47BN2O3Si2. The van der Waals surface area contributed by atoms with Crippen LogP contribution in [0.5, 0.6) is 0 Å². The molecule has 3 saturated carbocycles. The zero-order valence-electron chi connectivity index (χ0n) is 24.4. The van der Waals surface area contributed by atoms with Gasteiger partial charge in [-0.2, -0.15) is 0 Å². The normalized spacial score (nSPS) is 33.6. The highest BCUT2D eigenvalue weighted by molar-refractivity contribution is 6.90. The van der Waals surface area contributed by atoms with Gasteiger partial charge in [0.15, 0.2) is 0 Å². The summed E-state index contributed by atoms with van der Waals surface area (Å²) in [5.41, 5.74) is 2.25. The number of aliphatic imine (C=N–C) groups is 1. The predicted molar refractivity (Wildman–Crippen MR) is 154 cm³/mol. The number of benzene rings is 1. The van der Waals surface area contributed by atoms with Gasteiger partial charge in [0.25, 0.3) is 0 Å². The zero-order chi connectivity index (χ0) is 26.5. The molecule has 5 nitrogen and oxygen atoms in total. The molecule has 0 N–H and O–H groups in total. The Hall–Kier alpha value is -0.931. The highest BCUT2D eigenvalue weighted by atomic mass is 28.4. The Kier molecular flexibility index (Phi) is 6.14. The van der Waals surface area contributed by atoms with Crippen LogP contribution in [0.4, 0.5) is 0 Å². The van der Waals surface area contributed by atoms with Gasteiger partial charge < -0.3 is 18.3 Å². The molecule has 0 spiro atoms. The van der Waals surface area contributed by atoms with Crippen molar-refractivity contribution in [3.8, 4) is 0 Å². The fourth-order valence-corrected chi connectivity index (χ4v) is 18.2. The molecule has 6 rings (SSSR count). The first kappa shape index (κ1) is 26.7. The van der Waals surface area contributed by atoms with Gasteiger partial charge in [-0.3, -0.25) is 0 Å². The Morgan fingerprint density at radius 2 is 1.67 bits per heavy atom. The predicted octanol–water partition coefficient (Wildman–Crippen LogP) is 6.52. The third-order valence-corrected chi connectivity index (χ3v) is 16.9. The van der Waals surface area contributed by atoms with Gasteiger partial charge in [0, 0.05) is 5.56 Å². The third kappa shape index (κ3) is 4.29. The molecule has 1 aromatic rings. The average molecular weight is 527 g/mol. The molecule has 2 aliphatic heterocycles. The lowest BCUT2D eigenvalue weighted by molar-refractivity contribution is -0.199. The van der Waals surface area contributed by atoms with Gasteiger partial charge in [0.2, 0.25) is 5.90 Å². The van der Waals surface area contributed by atoms with E-state index in [9.17, 15) is 0 Å². The first-order valence-electron chi connectivity index (χ1n) is 13.9. The van der Waals surface area contributed by atoms with Crippen LogP contribution < -0.4 is 0 Å². The number of hydrogen-bond acceptors (Lipinski definition) is 5. The Bertz CT molecular complexity index is 1050. The van der Waals surface area contributed by atoms with Crippen molar-refractivity contribution in [3.05, 3.63) is 35.4 Å². The maximum absolute atomic E-state index is 7.14. The first-order chi connectivity index (χ1) is 16.4. The van der Waals surface area contributed by atoms with Crippen molar-refractivity contribution >= 4 is 29.5 Å². The number of ether oxygens (including phenoxy) is 1. The van der Waals surface area contributed by atoms with Crippen LogP contribution in [0, 0.1) is 17.3 Å². The van der Waals surface area contributed by atoms with E-state index in [2.05, 4.69) is 102 Å². The van der Waals surface area contributed by atoms with Crippen LogP contribution in [0.1, 0.15) is 64.5 Å². The summed E-state index contributed by atoms with van der Waals surface area (Å²) in [5.74, 6) is 2.11. The second-order valence-corrected chi connectivity index (χ2v) is 25.2. The maximum atomic E-state index is 7.14. The van der Waals surface area contributed by atoms with Crippen LogP contribution in [0.2, 0.25) is 39.3 Å². The second kappa shape index (κ2) is 8.28. The minimum absolute atomic E-state index is 0.0565. The average Bonchev–Trinajstić information content (AvgIpc) is 3.28. The highest BCUT2D eigenvalue weighted by Gasteiger charge is 2.69. The Balaban J connectivity index is 1.57. The SMILES string of the molecule is CC1(C)COC(c2cccc([C@@H](B3OC4CC5CC(C5(C)C)[C@]4(C)O3)N([Si](C)(C)C)[Si](C)(C)C)c2)=N1.